The lowest BCUT2D eigenvalue weighted by molar-refractivity contribution is 0.336. The molecule has 108 valence electrons. The van der Waals surface area contributed by atoms with E-state index in [0.29, 0.717) is 6.04 Å². The smallest absolute Gasteiger partial charge is 0.0641 e. The highest BCUT2D eigenvalue weighted by Crippen LogP contribution is 2.25. The molecule has 1 aromatic heterocycles. The molecular weight excluding hydrogens is 234 g/mol. The average Bonchev–Trinajstić information content (AvgIpc) is 2.62. The molecule has 1 N–H and O–H groups in total. The first kappa shape index (κ1) is 14.6. The van der Waals surface area contributed by atoms with Crippen LogP contribution in [-0.2, 0) is 13.6 Å². The molecule has 1 saturated carbocycles. The monoisotopic (exact) mass is 263 g/mol. The number of nitrogens with one attached hydrogen (secondary N) is 1. The van der Waals surface area contributed by atoms with Gasteiger partial charge >= 0.3 is 0 Å². The second-order valence-electron chi connectivity index (χ2n) is 6.19. The Morgan fingerprint density at radius 2 is 1.84 bits per heavy atom. The van der Waals surface area contributed by atoms with Crippen molar-refractivity contribution in [2.24, 2.45) is 13.0 Å². The zero-order valence-electron chi connectivity index (χ0n) is 13.0. The second kappa shape index (κ2) is 6.56. The van der Waals surface area contributed by atoms with Gasteiger partial charge in [-0.2, -0.15) is 5.10 Å². The number of hydrogen-bond acceptors (Lipinski definition) is 2. The Hall–Kier alpha value is -0.830. The summed E-state index contributed by atoms with van der Waals surface area (Å²) in [6.07, 6.45) is 8.51. The summed E-state index contributed by atoms with van der Waals surface area (Å²) in [7, 11) is 2.03. The van der Waals surface area contributed by atoms with Crippen LogP contribution in [0.5, 0.6) is 0 Å². The van der Waals surface area contributed by atoms with Crippen LogP contribution in [0.3, 0.4) is 0 Å². The van der Waals surface area contributed by atoms with E-state index in [0.717, 1.165) is 12.5 Å². The first-order valence-electron chi connectivity index (χ1n) is 7.82. The van der Waals surface area contributed by atoms with Gasteiger partial charge in [0.15, 0.2) is 0 Å². The maximum atomic E-state index is 4.49. The van der Waals surface area contributed by atoms with Crippen LogP contribution in [0.2, 0.25) is 0 Å². The first-order valence-corrected chi connectivity index (χ1v) is 7.82. The predicted octanol–water partition coefficient (Wildman–Crippen LogP) is 3.49. The molecule has 0 spiro atoms. The molecule has 2 rings (SSSR count). The molecular formula is C16H29N3. The predicted molar refractivity (Wildman–Crippen MR) is 80.2 cm³/mol. The van der Waals surface area contributed by atoms with Gasteiger partial charge in [0.25, 0.3) is 0 Å². The van der Waals surface area contributed by atoms with E-state index in [9.17, 15) is 0 Å². The molecule has 0 unspecified atom stereocenters. The third-order valence-corrected chi connectivity index (χ3v) is 4.87. The van der Waals surface area contributed by atoms with E-state index < -0.39 is 0 Å². The van der Waals surface area contributed by atoms with Crippen molar-refractivity contribution in [1.29, 1.82) is 0 Å². The maximum absolute atomic E-state index is 4.49. The van der Waals surface area contributed by atoms with Gasteiger partial charge in [-0.3, -0.25) is 4.68 Å². The van der Waals surface area contributed by atoms with Crippen molar-refractivity contribution in [3.05, 3.63) is 17.0 Å². The fourth-order valence-electron chi connectivity index (χ4n) is 3.31. The molecule has 0 aromatic carbocycles. The van der Waals surface area contributed by atoms with E-state index in [4.69, 9.17) is 0 Å². The lowest BCUT2D eigenvalue weighted by atomic mass is 9.93. The first-order chi connectivity index (χ1) is 9.09. The number of hydrogen-bond donors (Lipinski definition) is 1. The number of aryl methyl sites for hydroxylation is 2. The molecule has 0 radical (unpaired) electrons. The minimum Gasteiger partial charge on any atom is -0.310 e. The summed E-state index contributed by atoms with van der Waals surface area (Å²) in [5, 5.41) is 8.23. The zero-order chi connectivity index (χ0) is 13.8. The van der Waals surface area contributed by atoms with Gasteiger partial charge in [-0.15, -0.1) is 0 Å². The molecule has 0 saturated heterocycles. The van der Waals surface area contributed by atoms with Crippen LogP contribution in [0, 0.1) is 19.8 Å². The van der Waals surface area contributed by atoms with Gasteiger partial charge in [0.2, 0.25) is 0 Å². The number of rotatable bonds is 4. The van der Waals surface area contributed by atoms with Crippen LogP contribution in [0.25, 0.3) is 0 Å². The molecule has 19 heavy (non-hydrogen) atoms. The molecule has 3 nitrogen and oxygen atoms in total. The highest BCUT2D eigenvalue weighted by atomic mass is 15.3. The van der Waals surface area contributed by atoms with E-state index in [1.54, 1.807) is 0 Å². The zero-order valence-corrected chi connectivity index (χ0v) is 13.0. The fourth-order valence-corrected chi connectivity index (χ4v) is 3.31. The molecule has 1 aromatic rings. The van der Waals surface area contributed by atoms with Crippen LogP contribution in [-0.4, -0.2) is 15.8 Å². The summed E-state index contributed by atoms with van der Waals surface area (Å²) >= 11 is 0. The lowest BCUT2D eigenvalue weighted by Crippen LogP contribution is -2.33. The van der Waals surface area contributed by atoms with Crippen LogP contribution < -0.4 is 5.32 Å². The highest BCUT2D eigenvalue weighted by molar-refractivity contribution is 5.24. The largest absolute Gasteiger partial charge is 0.310 e. The Morgan fingerprint density at radius 1 is 1.21 bits per heavy atom. The number of aromatic nitrogens is 2. The van der Waals surface area contributed by atoms with Crippen LogP contribution >= 0.6 is 0 Å². The third kappa shape index (κ3) is 3.59. The Bertz CT molecular complexity index is 400. The maximum Gasteiger partial charge on any atom is 0.0641 e. The topological polar surface area (TPSA) is 29.9 Å². The molecule has 0 aliphatic heterocycles. The van der Waals surface area contributed by atoms with Gasteiger partial charge in [0.1, 0.15) is 0 Å². The van der Waals surface area contributed by atoms with Gasteiger partial charge in [0, 0.05) is 30.9 Å². The molecule has 1 aliphatic carbocycles. The van der Waals surface area contributed by atoms with Gasteiger partial charge in [-0.1, -0.05) is 25.7 Å². The van der Waals surface area contributed by atoms with E-state index in [1.165, 1.54) is 55.5 Å². The quantitative estimate of drug-likeness (QED) is 0.843. The second-order valence-corrected chi connectivity index (χ2v) is 6.19. The summed E-state index contributed by atoms with van der Waals surface area (Å²) in [6.45, 7) is 7.59. The van der Waals surface area contributed by atoms with E-state index in [-0.39, 0.29) is 0 Å². The minimum absolute atomic E-state index is 0.622. The van der Waals surface area contributed by atoms with Gasteiger partial charge in [0.05, 0.1) is 5.69 Å². The van der Waals surface area contributed by atoms with E-state index in [2.05, 4.69) is 31.2 Å². The van der Waals surface area contributed by atoms with Crippen molar-refractivity contribution in [3.63, 3.8) is 0 Å². The number of nitrogens with zero attached hydrogens (tertiary/aromatic N) is 2. The Morgan fingerprint density at radius 3 is 2.37 bits per heavy atom. The van der Waals surface area contributed by atoms with Crippen LogP contribution in [0.4, 0.5) is 0 Å². The lowest BCUT2D eigenvalue weighted by Gasteiger charge is -2.23. The van der Waals surface area contributed by atoms with Crippen molar-refractivity contribution in [3.8, 4) is 0 Å². The summed E-state index contributed by atoms with van der Waals surface area (Å²) < 4.78 is 1.99. The van der Waals surface area contributed by atoms with Gasteiger partial charge < -0.3 is 5.32 Å². The van der Waals surface area contributed by atoms with E-state index >= 15 is 0 Å². The third-order valence-electron chi connectivity index (χ3n) is 4.87. The van der Waals surface area contributed by atoms with Crippen molar-refractivity contribution >= 4 is 0 Å². The van der Waals surface area contributed by atoms with Crippen molar-refractivity contribution in [1.82, 2.24) is 15.1 Å². The standard InChI is InChI=1S/C16H29N3/c1-12(15-9-7-5-6-8-10-15)17-11-16-13(2)18-19(4)14(16)3/h12,15,17H,5-11H2,1-4H3/t12-/m1/s1. The Balaban J connectivity index is 1.90. The molecule has 1 aliphatic rings. The summed E-state index contributed by atoms with van der Waals surface area (Å²) in [6, 6.07) is 0.622. The summed E-state index contributed by atoms with van der Waals surface area (Å²) in [5.41, 5.74) is 3.83. The summed E-state index contributed by atoms with van der Waals surface area (Å²) in [4.78, 5) is 0. The van der Waals surface area contributed by atoms with Crippen LogP contribution in [0.15, 0.2) is 0 Å². The van der Waals surface area contributed by atoms with Crippen molar-refractivity contribution < 1.29 is 0 Å². The Kier molecular flexibility index (Phi) is 5.03. The molecule has 3 heteroatoms. The Labute approximate surface area is 117 Å². The highest BCUT2D eigenvalue weighted by Gasteiger charge is 2.19. The summed E-state index contributed by atoms with van der Waals surface area (Å²) in [5.74, 6) is 0.861. The molecule has 1 fully saturated rings. The molecule has 1 heterocycles. The van der Waals surface area contributed by atoms with Crippen molar-refractivity contribution in [2.75, 3.05) is 0 Å². The molecule has 1 atom stereocenters. The van der Waals surface area contributed by atoms with Gasteiger partial charge in [-0.25, -0.2) is 0 Å². The molecule has 0 amide bonds. The average molecular weight is 263 g/mol. The van der Waals surface area contributed by atoms with Crippen molar-refractivity contribution in [2.45, 2.75) is 71.9 Å². The fraction of sp³-hybridized carbons (Fsp3) is 0.812. The SMILES string of the molecule is Cc1nn(C)c(C)c1CN[C@H](C)C1CCCCCC1. The van der Waals surface area contributed by atoms with Crippen LogP contribution in [0.1, 0.15) is 62.4 Å². The van der Waals surface area contributed by atoms with E-state index in [1.807, 2.05) is 11.7 Å². The molecule has 0 bridgehead atoms. The minimum atomic E-state index is 0.622. The normalized spacial score (nSPS) is 19.4. The van der Waals surface area contributed by atoms with Gasteiger partial charge in [-0.05, 0) is 39.5 Å².